The molecule has 1 rings (SSSR count). The van der Waals surface area contributed by atoms with Crippen molar-refractivity contribution >= 4 is 5.91 Å². The summed E-state index contributed by atoms with van der Waals surface area (Å²) in [6, 6.07) is 0.0249. The molecule has 1 saturated heterocycles. The lowest BCUT2D eigenvalue weighted by Gasteiger charge is -2.18. The molecule has 1 amide bonds. The van der Waals surface area contributed by atoms with Gasteiger partial charge in [-0.15, -0.1) is 0 Å². The van der Waals surface area contributed by atoms with E-state index in [2.05, 4.69) is 36.4 Å². The smallest absolute Gasteiger partial charge is 0.237 e. The summed E-state index contributed by atoms with van der Waals surface area (Å²) in [7, 11) is 2.06. The fraction of sp³-hybridized carbons (Fsp3) is 0.909. The Bertz CT molecular complexity index is 208. The molecule has 0 aromatic carbocycles. The summed E-state index contributed by atoms with van der Waals surface area (Å²) in [5.41, 5.74) is 0. The Morgan fingerprint density at radius 2 is 2.33 bits per heavy atom. The predicted molar refractivity (Wildman–Crippen MR) is 61.8 cm³/mol. The van der Waals surface area contributed by atoms with E-state index in [1.165, 1.54) is 0 Å². The molecule has 0 radical (unpaired) electrons. The van der Waals surface area contributed by atoms with Gasteiger partial charge in [0.15, 0.2) is 0 Å². The van der Waals surface area contributed by atoms with Crippen molar-refractivity contribution in [3.8, 4) is 0 Å². The van der Waals surface area contributed by atoms with E-state index in [0.29, 0.717) is 5.92 Å². The molecule has 15 heavy (non-hydrogen) atoms. The van der Waals surface area contributed by atoms with Crippen LogP contribution in [-0.4, -0.2) is 50.1 Å². The van der Waals surface area contributed by atoms with Crippen LogP contribution in [0, 0.1) is 5.92 Å². The summed E-state index contributed by atoms with van der Waals surface area (Å²) in [5, 5.41) is 6.21. The third kappa shape index (κ3) is 3.80. The minimum absolute atomic E-state index is 0.0249. The van der Waals surface area contributed by atoms with E-state index in [-0.39, 0.29) is 11.9 Å². The summed E-state index contributed by atoms with van der Waals surface area (Å²) in [5.74, 6) is 0.624. The van der Waals surface area contributed by atoms with Gasteiger partial charge in [0, 0.05) is 13.1 Å². The van der Waals surface area contributed by atoms with Crippen LogP contribution in [0.4, 0.5) is 0 Å². The van der Waals surface area contributed by atoms with E-state index >= 15 is 0 Å². The maximum atomic E-state index is 11.7. The minimum atomic E-state index is 0.0249. The van der Waals surface area contributed by atoms with Crippen LogP contribution in [0.15, 0.2) is 0 Å². The number of nitrogens with one attached hydrogen (secondary N) is 2. The van der Waals surface area contributed by atoms with E-state index in [1.54, 1.807) is 0 Å². The molecule has 1 heterocycles. The van der Waals surface area contributed by atoms with E-state index in [0.717, 1.165) is 32.6 Å². The lowest BCUT2D eigenvalue weighted by molar-refractivity contribution is -0.123. The maximum Gasteiger partial charge on any atom is 0.237 e. The molecule has 0 saturated carbocycles. The van der Waals surface area contributed by atoms with E-state index < -0.39 is 0 Å². The van der Waals surface area contributed by atoms with Crippen LogP contribution in [0.25, 0.3) is 0 Å². The van der Waals surface area contributed by atoms with E-state index in [4.69, 9.17) is 0 Å². The molecule has 1 aliphatic heterocycles. The first-order valence-electron chi connectivity index (χ1n) is 5.84. The highest BCUT2D eigenvalue weighted by atomic mass is 16.2. The van der Waals surface area contributed by atoms with Crippen LogP contribution in [0.1, 0.15) is 20.3 Å². The van der Waals surface area contributed by atoms with E-state index in [1.807, 2.05) is 0 Å². The number of carbonyl (C=O) groups excluding carboxylic acids is 1. The molecule has 2 N–H and O–H groups in total. The molecule has 1 fully saturated rings. The molecular weight excluding hydrogens is 190 g/mol. The second-order valence-corrected chi connectivity index (χ2v) is 4.38. The van der Waals surface area contributed by atoms with Gasteiger partial charge in [-0.2, -0.15) is 0 Å². The quantitative estimate of drug-likeness (QED) is 0.678. The van der Waals surface area contributed by atoms with Gasteiger partial charge in [0.1, 0.15) is 0 Å². The molecule has 4 heteroatoms. The monoisotopic (exact) mass is 213 g/mol. The average molecular weight is 213 g/mol. The third-order valence-corrected chi connectivity index (χ3v) is 3.15. The Balaban J connectivity index is 2.18. The van der Waals surface area contributed by atoms with Crippen molar-refractivity contribution < 1.29 is 4.79 Å². The van der Waals surface area contributed by atoms with Gasteiger partial charge in [-0.05, 0) is 32.5 Å². The summed E-state index contributed by atoms with van der Waals surface area (Å²) >= 11 is 0. The number of likely N-dealkylation sites (N-methyl/N-ethyl adjacent to an activating group) is 1. The lowest BCUT2D eigenvalue weighted by atomic mass is 10.0. The molecule has 0 bridgehead atoms. The second-order valence-electron chi connectivity index (χ2n) is 4.38. The van der Waals surface area contributed by atoms with Crippen molar-refractivity contribution in [3.63, 3.8) is 0 Å². The molecule has 0 aromatic heterocycles. The first-order chi connectivity index (χ1) is 7.15. The van der Waals surface area contributed by atoms with Crippen molar-refractivity contribution in [2.24, 2.45) is 5.92 Å². The van der Waals surface area contributed by atoms with Crippen LogP contribution in [-0.2, 0) is 4.79 Å². The van der Waals surface area contributed by atoms with Gasteiger partial charge in [0.2, 0.25) is 5.91 Å². The minimum Gasteiger partial charge on any atom is -0.353 e. The molecule has 0 spiro atoms. The number of amides is 1. The Morgan fingerprint density at radius 3 is 2.87 bits per heavy atom. The van der Waals surface area contributed by atoms with Crippen LogP contribution in [0.5, 0.6) is 0 Å². The molecular formula is C11H23N3O. The maximum absolute atomic E-state index is 11.7. The van der Waals surface area contributed by atoms with E-state index in [9.17, 15) is 4.79 Å². The Hall–Kier alpha value is -0.610. The van der Waals surface area contributed by atoms with Crippen LogP contribution in [0.2, 0.25) is 0 Å². The molecule has 2 unspecified atom stereocenters. The molecule has 0 aliphatic carbocycles. The molecule has 88 valence electrons. The number of hydrogen-bond acceptors (Lipinski definition) is 3. The van der Waals surface area contributed by atoms with Gasteiger partial charge in [0.05, 0.1) is 6.04 Å². The topological polar surface area (TPSA) is 44.4 Å². The number of rotatable bonds is 5. The van der Waals surface area contributed by atoms with Crippen molar-refractivity contribution in [3.05, 3.63) is 0 Å². The summed E-state index contributed by atoms with van der Waals surface area (Å²) in [4.78, 5) is 13.9. The SMILES string of the molecule is CCN(C)CCNC(=O)C1NCCC1C. The zero-order chi connectivity index (χ0) is 11.3. The van der Waals surface area contributed by atoms with Crippen molar-refractivity contribution in [1.82, 2.24) is 15.5 Å². The third-order valence-electron chi connectivity index (χ3n) is 3.15. The van der Waals surface area contributed by atoms with Crippen molar-refractivity contribution in [2.75, 3.05) is 33.2 Å². The highest BCUT2D eigenvalue weighted by Gasteiger charge is 2.28. The van der Waals surface area contributed by atoms with Crippen LogP contribution >= 0.6 is 0 Å². The first kappa shape index (κ1) is 12.5. The fourth-order valence-electron chi connectivity index (χ4n) is 1.82. The lowest BCUT2D eigenvalue weighted by Crippen LogP contribution is -2.45. The Morgan fingerprint density at radius 1 is 1.60 bits per heavy atom. The number of nitrogens with zero attached hydrogens (tertiary/aromatic N) is 1. The van der Waals surface area contributed by atoms with Crippen LogP contribution < -0.4 is 10.6 Å². The molecule has 1 aliphatic rings. The number of carbonyl (C=O) groups is 1. The first-order valence-corrected chi connectivity index (χ1v) is 5.84. The zero-order valence-corrected chi connectivity index (χ0v) is 10.0. The van der Waals surface area contributed by atoms with Crippen LogP contribution in [0.3, 0.4) is 0 Å². The van der Waals surface area contributed by atoms with Gasteiger partial charge >= 0.3 is 0 Å². The Kier molecular flexibility index (Phi) is 5.05. The zero-order valence-electron chi connectivity index (χ0n) is 10.0. The molecule has 2 atom stereocenters. The summed E-state index contributed by atoms with van der Waals surface area (Å²) < 4.78 is 0. The normalized spacial score (nSPS) is 25.9. The second kappa shape index (κ2) is 6.08. The van der Waals surface area contributed by atoms with Gasteiger partial charge < -0.3 is 15.5 Å². The molecule has 4 nitrogen and oxygen atoms in total. The summed E-state index contributed by atoms with van der Waals surface area (Å²) in [6.45, 7) is 7.89. The predicted octanol–water partition coefficient (Wildman–Crippen LogP) is 0.0523. The van der Waals surface area contributed by atoms with Crippen molar-refractivity contribution in [1.29, 1.82) is 0 Å². The standard InChI is InChI=1S/C11H23N3O/c1-4-14(3)8-7-13-11(15)10-9(2)5-6-12-10/h9-10,12H,4-8H2,1-3H3,(H,13,15). The largest absolute Gasteiger partial charge is 0.353 e. The fourth-order valence-corrected chi connectivity index (χ4v) is 1.82. The highest BCUT2D eigenvalue weighted by Crippen LogP contribution is 2.13. The molecule has 0 aromatic rings. The Labute approximate surface area is 92.4 Å². The van der Waals surface area contributed by atoms with Gasteiger partial charge in [-0.25, -0.2) is 0 Å². The van der Waals surface area contributed by atoms with Crippen molar-refractivity contribution in [2.45, 2.75) is 26.3 Å². The van der Waals surface area contributed by atoms with Gasteiger partial charge in [-0.1, -0.05) is 13.8 Å². The number of hydrogen-bond donors (Lipinski definition) is 2. The van der Waals surface area contributed by atoms with Gasteiger partial charge in [-0.3, -0.25) is 4.79 Å². The average Bonchev–Trinajstić information content (AvgIpc) is 2.64. The summed E-state index contributed by atoms with van der Waals surface area (Å²) in [6.07, 6.45) is 1.10. The highest BCUT2D eigenvalue weighted by molar-refractivity contribution is 5.82. The van der Waals surface area contributed by atoms with Gasteiger partial charge in [0.25, 0.3) is 0 Å².